The molecule has 0 fully saturated rings. The number of nitrogens with zero attached hydrogens (tertiary/aromatic N) is 1. The monoisotopic (exact) mass is 496 g/mol. The van der Waals surface area contributed by atoms with E-state index in [1.807, 2.05) is 5.43 Å². The zero-order valence-electron chi connectivity index (χ0n) is 17.1. The number of alkyl halides is 3. The van der Waals surface area contributed by atoms with Crippen LogP contribution < -0.4 is 16.2 Å². The van der Waals surface area contributed by atoms with Gasteiger partial charge in [-0.1, -0.05) is 0 Å². The molecule has 0 unspecified atom stereocenters. The predicted octanol–water partition coefficient (Wildman–Crippen LogP) is 4.61. The van der Waals surface area contributed by atoms with Crippen molar-refractivity contribution in [2.45, 2.75) is 6.18 Å². The van der Waals surface area contributed by atoms with Crippen molar-refractivity contribution in [3.05, 3.63) is 93.0 Å². The minimum atomic E-state index is -4.82. The molecular weight excluding hydrogens is 483 g/mol. The van der Waals surface area contributed by atoms with E-state index in [4.69, 9.17) is 0 Å². The second kappa shape index (κ2) is 9.62. The number of carbonyl (C=O) groups is 2. The molecule has 0 aliphatic carbocycles. The number of anilines is 2. The molecule has 2 amide bonds. The molecule has 0 aliphatic heterocycles. The summed E-state index contributed by atoms with van der Waals surface area (Å²) in [5.74, 6) is -4.55. The summed E-state index contributed by atoms with van der Waals surface area (Å²) in [6.07, 6.45) is -4.82. The van der Waals surface area contributed by atoms with Crippen molar-refractivity contribution < 1.29 is 41.6 Å². The van der Waals surface area contributed by atoms with Crippen LogP contribution in [-0.2, 0) is 6.18 Å². The lowest BCUT2D eigenvalue weighted by Crippen LogP contribution is -2.29. The van der Waals surface area contributed by atoms with Crippen LogP contribution in [-0.4, -0.2) is 21.8 Å². The molecule has 0 aliphatic rings. The number of nitro groups is 1. The minimum absolute atomic E-state index is 0.0416. The van der Waals surface area contributed by atoms with Gasteiger partial charge in [0.1, 0.15) is 23.1 Å². The molecule has 0 saturated heterocycles. The lowest BCUT2D eigenvalue weighted by molar-refractivity contribution is -0.384. The van der Waals surface area contributed by atoms with Gasteiger partial charge in [0.05, 0.1) is 16.1 Å². The third kappa shape index (κ3) is 5.98. The molecule has 35 heavy (non-hydrogen) atoms. The Hall–Kier alpha value is -4.75. The van der Waals surface area contributed by atoms with E-state index < -0.39 is 57.2 Å². The molecule has 0 spiro atoms. The zero-order valence-corrected chi connectivity index (χ0v) is 17.1. The van der Waals surface area contributed by atoms with Gasteiger partial charge in [-0.25, -0.2) is 8.78 Å². The van der Waals surface area contributed by atoms with Crippen LogP contribution in [0.25, 0.3) is 0 Å². The van der Waals surface area contributed by atoms with Crippen molar-refractivity contribution in [3.8, 4) is 5.75 Å². The van der Waals surface area contributed by atoms with Crippen molar-refractivity contribution in [1.82, 2.24) is 5.43 Å². The number of hydrogen-bond donors (Lipinski definition) is 4. The van der Waals surface area contributed by atoms with Gasteiger partial charge in [-0.3, -0.25) is 30.6 Å². The highest BCUT2D eigenvalue weighted by Gasteiger charge is 2.33. The highest BCUT2D eigenvalue weighted by Crippen LogP contribution is 2.34. The summed E-state index contributed by atoms with van der Waals surface area (Å²) in [4.78, 5) is 34.5. The third-order valence-electron chi connectivity index (χ3n) is 4.46. The summed E-state index contributed by atoms with van der Waals surface area (Å²) in [6, 6.07) is 6.91. The molecule has 4 N–H and O–H groups in total. The molecule has 3 rings (SSSR count). The van der Waals surface area contributed by atoms with Crippen LogP contribution in [0.5, 0.6) is 5.75 Å². The number of benzene rings is 3. The van der Waals surface area contributed by atoms with Gasteiger partial charge in [0.15, 0.2) is 0 Å². The first kappa shape index (κ1) is 24.9. The SMILES string of the molecule is O=C(Nc1ccc(C(=O)NNc2ccc(C(F)(F)F)cc2[N+](=O)[O-])c(O)c1)c1cc(F)cc(F)c1. The number of nitro benzene ring substituents is 1. The molecule has 0 bridgehead atoms. The van der Waals surface area contributed by atoms with Crippen molar-refractivity contribution in [1.29, 1.82) is 0 Å². The van der Waals surface area contributed by atoms with Gasteiger partial charge < -0.3 is 10.4 Å². The van der Waals surface area contributed by atoms with Gasteiger partial charge in [-0.05, 0) is 36.4 Å². The van der Waals surface area contributed by atoms with Gasteiger partial charge in [0, 0.05) is 29.4 Å². The molecule has 0 radical (unpaired) electrons. The number of amides is 2. The second-order valence-corrected chi connectivity index (χ2v) is 6.91. The molecule has 3 aromatic rings. The van der Waals surface area contributed by atoms with Gasteiger partial charge in [-0.2, -0.15) is 13.2 Å². The Morgan fingerprint density at radius 3 is 2.14 bits per heavy atom. The number of hydrogen-bond acceptors (Lipinski definition) is 6. The van der Waals surface area contributed by atoms with E-state index in [9.17, 15) is 46.8 Å². The van der Waals surface area contributed by atoms with E-state index in [1.165, 1.54) is 6.07 Å². The van der Waals surface area contributed by atoms with Gasteiger partial charge in [-0.15, -0.1) is 0 Å². The van der Waals surface area contributed by atoms with Gasteiger partial charge in [0.25, 0.3) is 17.5 Å². The van der Waals surface area contributed by atoms with E-state index in [1.54, 1.807) is 0 Å². The van der Waals surface area contributed by atoms with Gasteiger partial charge in [0.2, 0.25) is 0 Å². The van der Waals surface area contributed by atoms with E-state index in [0.717, 1.165) is 30.3 Å². The third-order valence-corrected chi connectivity index (χ3v) is 4.46. The standard InChI is InChI=1S/C21H13F5N4O5/c22-12-5-10(6-13(23)8-12)19(32)27-14-2-3-15(18(31)9-14)20(33)29-28-16-4-1-11(21(24,25)26)7-17(16)30(34)35/h1-9,28,31H,(H,27,32)(H,29,33). The van der Waals surface area contributed by atoms with Crippen LogP contribution >= 0.6 is 0 Å². The van der Waals surface area contributed by atoms with Crippen molar-refractivity contribution >= 4 is 28.9 Å². The zero-order chi connectivity index (χ0) is 25.9. The first-order chi connectivity index (χ1) is 16.3. The number of halogens is 5. The Labute approximate surface area is 192 Å². The van der Waals surface area contributed by atoms with Crippen LogP contribution in [0, 0.1) is 21.7 Å². The number of phenolic OH excluding ortho intramolecular Hbond substituents is 1. The largest absolute Gasteiger partial charge is 0.507 e. The Morgan fingerprint density at radius 1 is 0.914 bits per heavy atom. The van der Waals surface area contributed by atoms with Crippen LogP contribution in [0.3, 0.4) is 0 Å². The number of aromatic hydroxyl groups is 1. The maximum Gasteiger partial charge on any atom is 0.416 e. The number of carbonyl (C=O) groups excluding carboxylic acids is 2. The average Bonchev–Trinajstić information content (AvgIpc) is 2.76. The number of phenols is 1. The molecule has 0 saturated carbocycles. The second-order valence-electron chi connectivity index (χ2n) is 6.91. The van der Waals surface area contributed by atoms with E-state index >= 15 is 0 Å². The fourth-order valence-electron chi connectivity index (χ4n) is 2.85. The molecular formula is C21H13F5N4O5. The Bertz CT molecular complexity index is 1310. The first-order valence-corrected chi connectivity index (χ1v) is 9.37. The van der Waals surface area contributed by atoms with Crippen LogP contribution in [0.4, 0.5) is 39.0 Å². The van der Waals surface area contributed by atoms with Crippen molar-refractivity contribution in [3.63, 3.8) is 0 Å². The smallest absolute Gasteiger partial charge is 0.416 e. The Morgan fingerprint density at radius 2 is 1.57 bits per heavy atom. The summed E-state index contributed by atoms with van der Waals surface area (Å²) in [7, 11) is 0. The number of hydrazine groups is 1. The minimum Gasteiger partial charge on any atom is -0.507 e. The first-order valence-electron chi connectivity index (χ1n) is 9.37. The highest BCUT2D eigenvalue weighted by molar-refractivity contribution is 6.05. The average molecular weight is 496 g/mol. The van der Waals surface area contributed by atoms with E-state index in [2.05, 4.69) is 10.7 Å². The van der Waals surface area contributed by atoms with Crippen molar-refractivity contribution in [2.75, 3.05) is 10.7 Å². The fraction of sp³-hybridized carbons (Fsp3) is 0.0476. The quantitative estimate of drug-likeness (QED) is 0.224. The summed E-state index contributed by atoms with van der Waals surface area (Å²) < 4.78 is 64.9. The molecule has 0 aromatic heterocycles. The summed E-state index contributed by atoms with van der Waals surface area (Å²) in [6.45, 7) is 0. The maximum atomic E-state index is 13.3. The summed E-state index contributed by atoms with van der Waals surface area (Å²) >= 11 is 0. The lowest BCUT2D eigenvalue weighted by Gasteiger charge is -2.12. The number of rotatable bonds is 6. The molecule has 0 atom stereocenters. The molecule has 14 heteroatoms. The normalized spacial score (nSPS) is 11.0. The van der Waals surface area contributed by atoms with E-state index in [0.29, 0.717) is 12.1 Å². The molecule has 182 valence electrons. The van der Waals surface area contributed by atoms with E-state index in [-0.39, 0.29) is 22.9 Å². The topological polar surface area (TPSA) is 134 Å². The predicted molar refractivity (Wildman–Crippen MR) is 112 cm³/mol. The molecule has 0 heterocycles. The lowest BCUT2D eigenvalue weighted by atomic mass is 10.1. The Kier molecular flexibility index (Phi) is 6.84. The van der Waals surface area contributed by atoms with Crippen molar-refractivity contribution in [2.24, 2.45) is 0 Å². The van der Waals surface area contributed by atoms with Crippen LogP contribution in [0.2, 0.25) is 0 Å². The Balaban J connectivity index is 1.72. The van der Waals surface area contributed by atoms with Crippen LogP contribution in [0.15, 0.2) is 54.6 Å². The summed E-state index contributed by atoms with van der Waals surface area (Å²) in [5, 5.41) is 23.5. The summed E-state index contributed by atoms with van der Waals surface area (Å²) in [5.41, 5.74) is 0.679. The van der Waals surface area contributed by atoms with Gasteiger partial charge >= 0.3 is 6.18 Å². The number of nitrogens with one attached hydrogen (secondary N) is 3. The molecule has 3 aromatic carbocycles. The maximum absolute atomic E-state index is 13.3. The van der Waals surface area contributed by atoms with Crippen LogP contribution in [0.1, 0.15) is 26.3 Å². The highest BCUT2D eigenvalue weighted by atomic mass is 19.4. The fourth-order valence-corrected chi connectivity index (χ4v) is 2.85. The molecule has 9 nitrogen and oxygen atoms in total.